The summed E-state index contributed by atoms with van der Waals surface area (Å²) in [4.78, 5) is 0. The molecule has 0 radical (unpaired) electrons. The van der Waals surface area contributed by atoms with Gasteiger partial charge in [0.1, 0.15) is 0 Å². The predicted molar refractivity (Wildman–Crippen MR) is 65.6 cm³/mol. The van der Waals surface area contributed by atoms with Crippen LogP contribution in [-0.4, -0.2) is 13.1 Å². The summed E-state index contributed by atoms with van der Waals surface area (Å²) < 4.78 is 0. The molecule has 14 heavy (non-hydrogen) atoms. The Labute approximate surface area is 90.7 Å². The average molecular weight is 199 g/mol. The van der Waals surface area contributed by atoms with Gasteiger partial charge in [-0.15, -0.1) is 0 Å². The highest BCUT2D eigenvalue weighted by Gasteiger charge is 2.22. The third kappa shape index (κ3) is 6.42. The molecular weight excluding hydrogens is 170 g/mol. The molecule has 0 aromatic carbocycles. The first-order chi connectivity index (χ1) is 6.17. The number of hydrogen-bond donors (Lipinski definition) is 1. The topological polar surface area (TPSA) is 12.0 Å². The Morgan fingerprint density at radius 2 is 1.50 bits per heavy atom. The summed E-state index contributed by atoms with van der Waals surface area (Å²) in [6.45, 7) is 13.9. The standard InChI is InChI=1S/C13H29N/c1-12(2,3)10-8-9-11(14-7)13(4,5)6/h11,14H,8-10H2,1-7H3. The van der Waals surface area contributed by atoms with Gasteiger partial charge in [0.15, 0.2) is 0 Å². The summed E-state index contributed by atoms with van der Waals surface area (Å²) in [5.74, 6) is 0. The van der Waals surface area contributed by atoms with Gasteiger partial charge in [-0.3, -0.25) is 0 Å². The second-order valence-electron chi connectivity index (χ2n) is 6.66. The Hall–Kier alpha value is -0.0400. The number of rotatable bonds is 4. The number of nitrogens with one attached hydrogen (secondary N) is 1. The van der Waals surface area contributed by atoms with E-state index in [0.29, 0.717) is 16.9 Å². The molecule has 1 nitrogen and oxygen atoms in total. The van der Waals surface area contributed by atoms with Crippen LogP contribution < -0.4 is 5.32 Å². The van der Waals surface area contributed by atoms with Crippen molar-refractivity contribution in [1.82, 2.24) is 5.32 Å². The van der Waals surface area contributed by atoms with Crippen molar-refractivity contribution in [3.05, 3.63) is 0 Å². The minimum Gasteiger partial charge on any atom is -0.316 e. The Morgan fingerprint density at radius 3 is 1.79 bits per heavy atom. The van der Waals surface area contributed by atoms with Crippen molar-refractivity contribution in [2.24, 2.45) is 10.8 Å². The van der Waals surface area contributed by atoms with Gasteiger partial charge in [-0.1, -0.05) is 48.0 Å². The van der Waals surface area contributed by atoms with Gasteiger partial charge in [-0.05, 0) is 30.7 Å². The minimum atomic E-state index is 0.382. The van der Waals surface area contributed by atoms with Crippen molar-refractivity contribution in [3.63, 3.8) is 0 Å². The van der Waals surface area contributed by atoms with Crippen molar-refractivity contribution >= 4 is 0 Å². The van der Waals surface area contributed by atoms with Crippen molar-refractivity contribution in [2.45, 2.75) is 66.8 Å². The van der Waals surface area contributed by atoms with Gasteiger partial charge in [-0.25, -0.2) is 0 Å². The second kappa shape index (κ2) is 5.16. The highest BCUT2D eigenvalue weighted by atomic mass is 14.9. The average Bonchev–Trinajstić information content (AvgIpc) is 1.93. The van der Waals surface area contributed by atoms with Crippen LogP contribution in [0.25, 0.3) is 0 Å². The van der Waals surface area contributed by atoms with E-state index in [9.17, 15) is 0 Å². The first-order valence-corrected chi connectivity index (χ1v) is 5.84. The van der Waals surface area contributed by atoms with E-state index in [2.05, 4.69) is 53.9 Å². The van der Waals surface area contributed by atoms with E-state index in [0.717, 1.165) is 0 Å². The minimum absolute atomic E-state index is 0.382. The molecule has 0 aromatic rings. The highest BCUT2D eigenvalue weighted by Crippen LogP contribution is 2.27. The van der Waals surface area contributed by atoms with Crippen molar-refractivity contribution in [2.75, 3.05) is 7.05 Å². The van der Waals surface area contributed by atoms with Gasteiger partial charge in [0.05, 0.1) is 0 Å². The third-order valence-corrected chi connectivity index (χ3v) is 2.81. The van der Waals surface area contributed by atoms with Gasteiger partial charge in [-0.2, -0.15) is 0 Å². The van der Waals surface area contributed by atoms with Crippen LogP contribution in [-0.2, 0) is 0 Å². The fourth-order valence-electron chi connectivity index (χ4n) is 1.85. The molecule has 0 amide bonds. The van der Waals surface area contributed by atoms with Gasteiger partial charge in [0.25, 0.3) is 0 Å². The molecule has 0 aliphatic rings. The molecule has 0 aliphatic carbocycles. The Kier molecular flexibility index (Phi) is 5.14. The molecule has 0 saturated carbocycles. The van der Waals surface area contributed by atoms with Crippen molar-refractivity contribution in [1.29, 1.82) is 0 Å². The molecule has 0 fully saturated rings. The van der Waals surface area contributed by atoms with E-state index in [-0.39, 0.29) is 0 Å². The van der Waals surface area contributed by atoms with Crippen molar-refractivity contribution in [3.8, 4) is 0 Å². The van der Waals surface area contributed by atoms with Gasteiger partial charge in [0.2, 0.25) is 0 Å². The van der Waals surface area contributed by atoms with E-state index < -0.39 is 0 Å². The predicted octanol–water partition coefficient (Wildman–Crippen LogP) is 3.84. The van der Waals surface area contributed by atoms with Crippen LogP contribution in [0.2, 0.25) is 0 Å². The summed E-state index contributed by atoms with van der Waals surface area (Å²) in [7, 11) is 2.08. The van der Waals surface area contributed by atoms with Crippen LogP contribution in [0, 0.1) is 10.8 Å². The van der Waals surface area contributed by atoms with Crippen LogP contribution in [0.1, 0.15) is 60.8 Å². The fourth-order valence-corrected chi connectivity index (χ4v) is 1.85. The lowest BCUT2D eigenvalue weighted by atomic mass is 9.81. The summed E-state index contributed by atoms with van der Waals surface area (Å²) in [6, 6.07) is 0.643. The zero-order valence-electron chi connectivity index (χ0n) is 11.2. The van der Waals surface area contributed by atoms with E-state index in [1.807, 2.05) is 0 Å². The molecular formula is C13H29N. The molecule has 86 valence electrons. The van der Waals surface area contributed by atoms with Crippen LogP contribution >= 0.6 is 0 Å². The molecule has 0 bridgehead atoms. The summed E-state index contributed by atoms with van der Waals surface area (Å²) in [6.07, 6.45) is 3.94. The molecule has 1 heteroatoms. The molecule has 1 N–H and O–H groups in total. The first-order valence-electron chi connectivity index (χ1n) is 5.84. The molecule has 0 spiro atoms. The normalized spacial score (nSPS) is 15.6. The SMILES string of the molecule is CNC(CCCC(C)(C)C)C(C)(C)C. The molecule has 1 atom stereocenters. The maximum absolute atomic E-state index is 3.43. The highest BCUT2D eigenvalue weighted by molar-refractivity contribution is 4.79. The van der Waals surface area contributed by atoms with Crippen LogP contribution in [0.3, 0.4) is 0 Å². The Balaban J connectivity index is 3.87. The van der Waals surface area contributed by atoms with Gasteiger partial charge < -0.3 is 5.32 Å². The molecule has 0 aromatic heterocycles. The lowest BCUT2D eigenvalue weighted by Gasteiger charge is -2.31. The quantitative estimate of drug-likeness (QED) is 0.725. The molecule has 0 aliphatic heterocycles. The number of hydrogen-bond acceptors (Lipinski definition) is 1. The molecule has 0 saturated heterocycles. The summed E-state index contributed by atoms with van der Waals surface area (Å²) in [5.41, 5.74) is 0.864. The maximum atomic E-state index is 3.43. The molecule has 0 heterocycles. The third-order valence-electron chi connectivity index (χ3n) is 2.81. The lowest BCUT2D eigenvalue weighted by molar-refractivity contribution is 0.248. The largest absolute Gasteiger partial charge is 0.316 e. The van der Waals surface area contributed by atoms with Gasteiger partial charge >= 0.3 is 0 Å². The van der Waals surface area contributed by atoms with E-state index >= 15 is 0 Å². The lowest BCUT2D eigenvalue weighted by Crippen LogP contribution is -2.38. The Bertz CT molecular complexity index is 148. The van der Waals surface area contributed by atoms with Crippen molar-refractivity contribution < 1.29 is 0 Å². The zero-order valence-corrected chi connectivity index (χ0v) is 11.2. The van der Waals surface area contributed by atoms with E-state index in [1.165, 1.54) is 19.3 Å². The summed E-state index contributed by atoms with van der Waals surface area (Å²) in [5, 5.41) is 3.43. The van der Waals surface area contributed by atoms with E-state index in [1.54, 1.807) is 0 Å². The van der Waals surface area contributed by atoms with Crippen LogP contribution in [0.15, 0.2) is 0 Å². The Morgan fingerprint density at radius 1 is 1.00 bits per heavy atom. The second-order valence-corrected chi connectivity index (χ2v) is 6.66. The van der Waals surface area contributed by atoms with E-state index in [4.69, 9.17) is 0 Å². The van der Waals surface area contributed by atoms with Gasteiger partial charge in [0, 0.05) is 6.04 Å². The first kappa shape index (κ1) is 14.0. The molecule has 0 rings (SSSR count). The fraction of sp³-hybridized carbons (Fsp3) is 1.00. The van der Waals surface area contributed by atoms with Crippen LogP contribution in [0.5, 0.6) is 0 Å². The maximum Gasteiger partial charge on any atom is 0.0113 e. The smallest absolute Gasteiger partial charge is 0.0113 e. The summed E-state index contributed by atoms with van der Waals surface area (Å²) >= 11 is 0. The molecule has 1 unspecified atom stereocenters. The zero-order chi connectivity index (χ0) is 11.4. The van der Waals surface area contributed by atoms with Crippen LogP contribution in [0.4, 0.5) is 0 Å². The monoisotopic (exact) mass is 199 g/mol.